The Balaban J connectivity index is 2.09. The normalized spacial score (nSPS) is 10.5. The molecule has 2 aromatic carbocycles. The molecule has 2 N–H and O–H groups in total. The van der Waals surface area contributed by atoms with Crippen LogP contribution in [-0.4, -0.2) is 31.2 Å². The highest BCUT2D eigenvalue weighted by atomic mass is 79.9. The monoisotopic (exact) mass is 433 g/mol. The molecule has 0 aliphatic carbocycles. The van der Waals surface area contributed by atoms with Crippen LogP contribution in [0.15, 0.2) is 52.0 Å². The lowest BCUT2D eigenvalue weighted by Gasteiger charge is -2.14. The first-order chi connectivity index (χ1) is 13.0. The van der Waals surface area contributed by atoms with Gasteiger partial charge >= 0.3 is 0 Å². The van der Waals surface area contributed by atoms with Crippen molar-refractivity contribution in [3.05, 3.63) is 52.5 Å². The second kappa shape index (κ2) is 10.3. The van der Waals surface area contributed by atoms with Crippen LogP contribution in [0.3, 0.4) is 0 Å². The first-order valence-electron chi connectivity index (χ1n) is 8.23. The first-order valence-corrected chi connectivity index (χ1v) is 9.02. The van der Waals surface area contributed by atoms with Crippen LogP contribution in [-0.2, 0) is 9.59 Å². The molecule has 0 aliphatic heterocycles. The first kappa shape index (κ1) is 20.4. The molecule has 2 aromatic rings. The van der Waals surface area contributed by atoms with E-state index < -0.39 is 0 Å². The van der Waals surface area contributed by atoms with Gasteiger partial charge in [-0.2, -0.15) is 5.10 Å². The van der Waals surface area contributed by atoms with Crippen LogP contribution in [0.4, 0.5) is 5.69 Å². The quantitative estimate of drug-likeness (QED) is 0.493. The van der Waals surface area contributed by atoms with Gasteiger partial charge in [-0.15, -0.1) is 0 Å². The van der Waals surface area contributed by atoms with Crippen molar-refractivity contribution in [1.82, 2.24) is 5.43 Å². The number of hydrogen-bond donors (Lipinski definition) is 2. The summed E-state index contributed by atoms with van der Waals surface area (Å²) in [4.78, 5) is 23.0. The largest absolute Gasteiger partial charge is 0.490 e. The highest BCUT2D eigenvalue weighted by Crippen LogP contribution is 2.36. The minimum Gasteiger partial charge on any atom is -0.490 e. The second-order valence-corrected chi connectivity index (χ2v) is 6.25. The van der Waals surface area contributed by atoms with E-state index in [-0.39, 0.29) is 18.4 Å². The van der Waals surface area contributed by atoms with Gasteiger partial charge in [0, 0.05) is 12.6 Å². The van der Waals surface area contributed by atoms with Crippen LogP contribution < -0.4 is 20.2 Å². The number of carbonyl (C=O) groups excluding carboxylic acids is 2. The Kier molecular flexibility index (Phi) is 7.81. The third-order valence-electron chi connectivity index (χ3n) is 3.17. The number of ether oxygens (including phenoxy) is 2. The van der Waals surface area contributed by atoms with Gasteiger partial charge in [0.25, 0.3) is 5.91 Å². The molecule has 0 unspecified atom stereocenters. The summed E-state index contributed by atoms with van der Waals surface area (Å²) in [5, 5.41) is 6.58. The van der Waals surface area contributed by atoms with Crippen molar-refractivity contribution in [2.75, 3.05) is 18.5 Å². The molecule has 2 amide bonds. The highest BCUT2D eigenvalue weighted by molar-refractivity contribution is 9.10. The highest BCUT2D eigenvalue weighted by Gasteiger charge is 2.14. The Morgan fingerprint density at radius 2 is 1.93 bits per heavy atom. The average molecular weight is 434 g/mol. The van der Waals surface area contributed by atoms with Crippen molar-refractivity contribution in [3.8, 4) is 11.5 Å². The molecule has 0 heterocycles. The SMILES string of the molecule is CCOc1cc(/C=N\NC(C)=O)cc(Br)c1OCC(=O)Nc1ccccc1. The number of halogens is 1. The van der Waals surface area contributed by atoms with E-state index in [1.807, 2.05) is 25.1 Å². The topological polar surface area (TPSA) is 89.0 Å². The number of nitrogens with one attached hydrogen (secondary N) is 2. The molecule has 0 saturated carbocycles. The van der Waals surface area contributed by atoms with Gasteiger partial charge in [0.15, 0.2) is 18.1 Å². The van der Waals surface area contributed by atoms with Gasteiger partial charge in [-0.05, 0) is 52.7 Å². The van der Waals surface area contributed by atoms with Crippen molar-refractivity contribution < 1.29 is 19.1 Å². The number of rotatable bonds is 8. The Labute approximate surface area is 165 Å². The molecule has 142 valence electrons. The molecule has 0 aliphatic rings. The molecule has 2 rings (SSSR count). The van der Waals surface area contributed by atoms with Gasteiger partial charge in [0.1, 0.15) is 0 Å². The third kappa shape index (κ3) is 6.74. The van der Waals surface area contributed by atoms with Crippen LogP contribution in [0, 0.1) is 0 Å². The lowest BCUT2D eigenvalue weighted by molar-refractivity contribution is -0.119. The number of carbonyl (C=O) groups is 2. The van der Waals surface area contributed by atoms with Gasteiger partial charge in [-0.25, -0.2) is 5.43 Å². The van der Waals surface area contributed by atoms with E-state index >= 15 is 0 Å². The van der Waals surface area contributed by atoms with E-state index in [4.69, 9.17) is 9.47 Å². The molecule has 0 aromatic heterocycles. The second-order valence-electron chi connectivity index (χ2n) is 5.39. The van der Waals surface area contributed by atoms with E-state index in [1.54, 1.807) is 24.3 Å². The van der Waals surface area contributed by atoms with E-state index in [2.05, 4.69) is 31.8 Å². The minimum absolute atomic E-state index is 0.174. The molecule has 0 spiro atoms. The maximum absolute atomic E-state index is 12.1. The van der Waals surface area contributed by atoms with Crippen LogP contribution in [0.5, 0.6) is 11.5 Å². The van der Waals surface area contributed by atoms with E-state index in [0.29, 0.717) is 33.8 Å². The Morgan fingerprint density at radius 3 is 2.59 bits per heavy atom. The summed E-state index contributed by atoms with van der Waals surface area (Å²) < 4.78 is 11.9. The average Bonchev–Trinajstić information content (AvgIpc) is 2.62. The summed E-state index contributed by atoms with van der Waals surface area (Å²) in [6.07, 6.45) is 1.49. The molecular weight excluding hydrogens is 414 g/mol. The number of amides is 2. The summed E-state index contributed by atoms with van der Waals surface area (Å²) in [5.41, 5.74) is 3.72. The molecule has 0 bridgehead atoms. The van der Waals surface area contributed by atoms with Gasteiger partial charge in [-0.1, -0.05) is 18.2 Å². The van der Waals surface area contributed by atoms with E-state index in [1.165, 1.54) is 13.1 Å². The zero-order chi connectivity index (χ0) is 19.6. The third-order valence-corrected chi connectivity index (χ3v) is 3.76. The molecule has 0 radical (unpaired) electrons. The zero-order valence-electron chi connectivity index (χ0n) is 15.0. The van der Waals surface area contributed by atoms with Gasteiger partial charge in [0.2, 0.25) is 5.91 Å². The zero-order valence-corrected chi connectivity index (χ0v) is 16.6. The van der Waals surface area contributed by atoms with Crippen molar-refractivity contribution in [2.24, 2.45) is 5.10 Å². The molecular formula is C19H20BrN3O4. The fourth-order valence-electron chi connectivity index (χ4n) is 2.12. The lowest BCUT2D eigenvalue weighted by atomic mass is 10.2. The van der Waals surface area contributed by atoms with Gasteiger partial charge in [-0.3, -0.25) is 9.59 Å². The smallest absolute Gasteiger partial charge is 0.262 e. The van der Waals surface area contributed by atoms with E-state index in [0.717, 1.165) is 0 Å². The Bertz CT molecular complexity index is 825. The fourth-order valence-corrected chi connectivity index (χ4v) is 2.69. The molecule has 8 heteroatoms. The lowest BCUT2D eigenvalue weighted by Crippen LogP contribution is -2.20. The van der Waals surface area contributed by atoms with E-state index in [9.17, 15) is 9.59 Å². The summed E-state index contributed by atoms with van der Waals surface area (Å²) in [7, 11) is 0. The molecule has 0 fully saturated rings. The number of nitrogens with zero attached hydrogens (tertiary/aromatic N) is 1. The summed E-state index contributed by atoms with van der Waals surface area (Å²) in [5.74, 6) is 0.326. The predicted molar refractivity (Wildman–Crippen MR) is 107 cm³/mol. The van der Waals surface area contributed by atoms with Crippen LogP contribution in [0.1, 0.15) is 19.4 Å². The number of hydrazone groups is 1. The Morgan fingerprint density at radius 1 is 1.19 bits per heavy atom. The van der Waals surface area contributed by atoms with Crippen LogP contribution >= 0.6 is 15.9 Å². The van der Waals surface area contributed by atoms with Crippen molar-refractivity contribution >= 4 is 39.6 Å². The number of para-hydroxylation sites is 1. The molecule has 7 nitrogen and oxygen atoms in total. The molecule has 27 heavy (non-hydrogen) atoms. The van der Waals surface area contributed by atoms with Crippen molar-refractivity contribution in [3.63, 3.8) is 0 Å². The number of hydrogen-bond acceptors (Lipinski definition) is 5. The number of benzene rings is 2. The van der Waals surface area contributed by atoms with Crippen molar-refractivity contribution in [1.29, 1.82) is 0 Å². The van der Waals surface area contributed by atoms with Crippen LogP contribution in [0.25, 0.3) is 0 Å². The van der Waals surface area contributed by atoms with Crippen molar-refractivity contribution in [2.45, 2.75) is 13.8 Å². The fraction of sp³-hybridized carbons (Fsp3) is 0.211. The summed E-state index contributed by atoms with van der Waals surface area (Å²) in [6, 6.07) is 12.6. The summed E-state index contributed by atoms with van der Waals surface area (Å²) >= 11 is 3.42. The number of anilines is 1. The molecule has 0 saturated heterocycles. The molecule has 0 atom stereocenters. The minimum atomic E-state index is -0.285. The van der Waals surface area contributed by atoms with Crippen LogP contribution in [0.2, 0.25) is 0 Å². The van der Waals surface area contributed by atoms with Gasteiger partial charge < -0.3 is 14.8 Å². The predicted octanol–water partition coefficient (Wildman–Crippen LogP) is 3.34. The Hall–Kier alpha value is -2.87. The standard InChI is InChI=1S/C19H20BrN3O4/c1-3-26-17-10-14(11-21-23-13(2)24)9-16(20)19(17)27-12-18(25)22-15-7-5-4-6-8-15/h4-11H,3,12H2,1-2H3,(H,22,25)(H,23,24)/b21-11-. The van der Waals surface area contributed by atoms with Gasteiger partial charge in [0.05, 0.1) is 17.3 Å². The maximum atomic E-state index is 12.1. The maximum Gasteiger partial charge on any atom is 0.262 e. The summed E-state index contributed by atoms with van der Waals surface area (Å²) in [6.45, 7) is 3.46.